The molecule has 0 saturated heterocycles. The van der Waals surface area contributed by atoms with Crippen LogP contribution >= 0.6 is 0 Å². The Morgan fingerprint density at radius 1 is 1.17 bits per heavy atom. The van der Waals surface area contributed by atoms with Gasteiger partial charge in [-0.1, -0.05) is 25.9 Å². The number of aryl methyl sites for hydroxylation is 2. The highest BCUT2D eigenvalue weighted by Gasteiger charge is 2.42. The minimum atomic E-state index is -0.856. The van der Waals surface area contributed by atoms with Crippen LogP contribution in [-0.2, 0) is 16.0 Å². The summed E-state index contributed by atoms with van der Waals surface area (Å²) in [4.78, 5) is 33.1. The van der Waals surface area contributed by atoms with Crippen molar-refractivity contribution in [1.82, 2.24) is 15.1 Å². The van der Waals surface area contributed by atoms with Crippen LogP contribution in [0.25, 0.3) is 0 Å². The van der Waals surface area contributed by atoms with E-state index in [1.165, 1.54) is 12.0 Å². The Kier molecular flexibility index (Phi) is 7.43. The fraction of sp³-hybridized carbons (Fsp3) is 0.679. The van der Waals surface area contributed by atoms with E-state index < -0.39 is 5.97 Å². The van der Waals surface area contributed by atoms with Crippen molar-refractivity contribution >= 4 is 11.8 Å². The Morgan fingerprint density at radius 3 is 2.49 bits per heavy atom. The number of aromatic nitrogens is 3. The molecule has 7 nitrogen and oxygen atoms in total. The van der Waals surface area contributed by atoms with Gasteiger partial charge in [0, 0.05) is 48.6 Å². The maximum atomic E-state index is 13.1. The van der Waals surface area contributed by atoms with Gasteiger partial charge in [-0.25, -0.2) is 9.97 Å². The van der Waals surface area contributed by atoms with E-state index in [1.54, 1.807) is 6.20 Å². The summed E-state index contributed by atoms with van der Waals surface area (Å²) in [6, 6.07) is 0. The van der Waals surface area contributed by atoms with E-state index in [9.17, 15) is 14.7 Å². The molecule has 2 fully saturated rings. The summed E-state index contributed by atoms with van der Waals surface area (Å²) in [5.41, 5.74) is 3.96. The number of carboxylic acids is 1. The third-order valence-corrected chi connectivity index (χ3v) is 7.43. The topological polar surface area (TPSA) is 106 Å². The molecule has 1 atom stereocenters. The van der Waals surface area contributed by atoms with E-state index >= 15 is 0 Å². The van der Waals surface area contributed by atoms with E-state index in [-0.39, 0.29) is 31.0 Å². The molecule has 2 heterocycles. The maximum Gasteiger partial charge on any atom is 0.303 e. The Morgan fingerprint density at radius 2 is 1.89 bits per heavy atom. The van der Waals surface area contributed by atoms with E-state index in [0.717, 1.165) is 48.4 Å². The number of rotatable bonds is 11. The highest BCUT2D eigenvalue weighted by atomic mass is 16.5. The van der Waals surface area contributed by atoms with Crippen LogP contribution in [0.15, 0.2) is 10.7 Å². The van der Waals surface area contributed by atoms with Crippen LogP contribution in [0.1, 0.15) is 124 Å². The van der Waals surface area contributed by atoms with Crippen LogP contribution in [-0.4, -0.2) is 32.0 Å². The number of ketones is 1. The fourth-order valence-corrected chi connectivity index (χ4v) is 5.65. The minimum absolute atomic E-state index is 0.00794. The summed E-state index contributed by atoms with van der Waals surface area (Å²) in [5.74, 6) is 2.17. The summed E-state index contributed by atoms with van der Waals surface area (Å²) < 4.78 is 5.97. The molecule has 0 unspecified atom stereocenters. The number of carboxylic acid groups (broad SMARTS) is 1. The Labute approximate surface area is 208 Å². The Hall–Kier alpha value is -2.57. The number of carbonyl (C=O) groups excluding carboxylic acids is 1. The van der Waals surface area contributed by atoms with Gasteiger partial charge in [0.2, 0.25) is 0 Å². The second-order valence-corrected chi connectivity index (χ2v) is 12.0. The lowest BCUT2D eigenvalue weighted by atomic mass is 9.66. The highest BCUT2D eigenvalue weighted by Crippen LogP contribution is 2.53. The van der Waals surface area contributed by atoms with Crippen LogP contribution in [0.3, 0.4) is 0 Å². The molecule has 2 aromatic rings. The van der Waals surface area contributed by atoms with Crippen LogP contribution in [0.4, 0.5) is 0 Å². The van der Waals surface area contributed by atoms with Gasteiger partial charge in [0.25, 0.3) is 0 Å². The summed E-state index contributed by atoms with van der Waals surface area (Å²) in [6.07, 6.45) is 8.28. The average Bonchev–Trinajstić information content (AvgIpc) is 3.47. The minimum Gasteiger partial charge on any atom is -0.481 e. The van der Waals surface area contributed by atoms with Gasteiger partial charge < -0.3 is 9.63 Å². The molecule has 4 rings (SSSR count). The van der Waals surface area contributed by atoms with Gasteiger partial charge in [-0.2, -0.15) is 0 Å². The first-order valence-electron chi connectivity index (χ1n) is 13.0. The molecule has 1 N–H and O–H groups in total. The second-order valence-electron chi connectivity index (χ2n) is 12.0. The smallest absolute Gasteiger partial charge is 0.303 e. The van der Waals surface area contributed by atoms with Crippen molar-refractivity contribution in [3.05, 3.63) is 40.3 Å². The first-order valence-corrected chi connectivity index (χ1v) is 13.0. The van der Waals surface area contributed by atoms with Crippen LogP contribution in [0, 0.1) is 25.2 Å². The van der Waals surface area contributed by atoms with E-state index in [1.807, 2.05) is 13.8 Å². The molecule has 2 aromatic heterocycles. The van der Waals surface area contributed by atoms with Crippen molar-refractivity contribution < 1.29 is 19.2 Å². The predicted octanol–water partition coefficient (Wildman–Crippen LogP) is 6.04. The standard InChI is InChI=1S/C28H39N3O4/c1-16-22(15-29-17(2)30-16)13-23(32)12-20(8-9-24(33)34)26-25(19-6-7-19)27(35-31-26)21-10-18(11-21)14-28(3,4)5/h15,18-21H,6-14H2,1-5H3,(H,33,34)/t18?,20-,21?/m0/s1. The van der Waals surface area contributed by atoms with Gasteiger partial charge in [0.05, 0.1) is 5.69 Å². The molecule has 0 spiro atoms. The van der Waals surface area contributed by atoms with Gasteiger partial charge >= 0.3 is 5.97 Å². The molecule has 2 aliphatic carbocycles. The number of carbonyl (C=O) groups is 2. The van der Waals surface area contributed by atoms with Crippen molar-refractivity contribution in [2.45, 2.75) is 110 Å². The number of hydrogen-bond donors (Lipinski definition) is 1. The molecular formula is C28H39N3O4. The monoisotopic (exact) mass is 481 g/mol. The summed E-state index contributed by atoms with van der Waals surface area (Å²) in [7, 11) is 0. The molecule has 35 heavy (non-hydrogen) atoms. The van der Waals surface area contributed by atoms with E-state index in [2.05, 4.69) is 35.9 Å². The lowest BCUT2D eigenvalue weighted by molar-refractivity contribution is -0.137. The zero-order valence-electron chi connectivity index (χ0n) is 21.8. The van der Waals surface area contributed by atoms with Gasteiger partial charge in [-0.3, -0.25) is 9.59 Å². The Bertz CT molecular complexity index is 1070. The van der Waals surface area contributed by atoms with Gasteiger partial charge in [-0.15, -0.1) is 0 Å². The van der Waals surface area contributed by atoms with Crippen LogP contribution in [0.2, 0.25) is 0 Å². The highest BCUT2D eigenvalue weighted by molar-refractivity contribution is 5.82. The second kappa shape index (κ2) is 10.2. The molecule has 0 amide bonds. The molecule has 0 aliphatic heterocycles. The number of Topliss-reactive ketones (excluding diaryl/α,β-unsaturated/α-hetero) is 1. The third-order valence-electron chi connectivity index (χ3n) is 7.43. The largest absolute Gasteiger partial charge is 0.481 e. The number of aliphatic carboxylic acids is 1. The lowest BCUT2D eigenvalue weighted by Crippen LogP contribution is -2.26. The third kappa shape index (κ3) is 6.56. The molecule has 0 aromatic carbocycles. The number of hydrogen-bond acceptors (Lipinski definition) is 6. The van der Waals surface area contributed by atoms with Crippen LogP contribution in [0.5, 0.6) is 0 Å². The Balaban J connectivity index is 1.51. The van der Waals surface area contributed by atoms with Crippen molar-refractivity contribution in [2.24, 2.45) is 11.3 Å². The van der Waals surface area contributed by atoms with Crippen molar-refractivity contribution in [3.63, 3.8) is 0 Å². The SMILES string of the molecule is Cc1ncc(CC(=O)C[C@H](CCC(=O)O)c2noc(C3CC(CC(C)(C)C)C3)c2C2CC2)c(C)n1. The molecule has 2 aliphatic rings. The summed E-state index contributed by atoms with van der Waals surface area (Å²) in [5, 5.41) is 13.9. The quantitative estimate of drug-likeness (QED) is 0.417. The number of nitrogens with zero attached hydrogens (tertiary/aromatic N) is 3. The average molecular weight is 482 g/mol. The normalized spacial score (nSPS) is 20.9. The van der Waals surface area contributed by atoms with E-state index in [4.69, 9.17) is 4.52 Å². The first kappa shape index (κ1) is 25.5. The zero-order valence-corrected chi connectivity index (χ0v) is 21.8. The molecule has 0 bridgehead atoms. The summed E-state index contributed by atoms with van der Waals surface area (Å²) in [6.45, 7) is 10.6. The van der Waals surface area contributed by atoms with Crippen molar-refractivity contribution in [2.75, 3.05) is 0 Å². The van der Waals surface area contributed by atoms with Crippen LogP contribution < -0.4 is 0 Å². The molecule has 190 valence electrons. The maximum absolute atomic E-state index is 13.1. The molecule has 0 radical (unpaired) electrons. The van der Waals surface area contributed by atoms with Crippen molar-refractivity contribution in [1.29, 1.82) is 0 Å². The molecular weight excluding hydrogens is 442 g/mol. The lowest BCUT2D eigenvalue weighted by Gasteiger charge is -2.38. The fourth-order valence-electron chi connectivity index (χ4n) is 5.65. The van der Waals surface area contributed by atoms with E-state index in [0.29, 0.717) is 35.4 Å². The van der Waals surface area contributed by atoms with Crippen molar-refractivity contribution in [3.8, 4) is 0 Å². The predicted molar refractivity (Wildman–Crippen MR) is 132 cm³/mol. The van der Waals surface area contributed by atoms with Gasteiger partial charge in [0.15, 0.2) is 0 Å². The first-order chi connectivity index (χ1) is 16.5. The molecule has 2 saturated carbocycles. The summed E-state index contributed by atoms with van der Waals surface area (Å²) >= 11 is 0. The molecule has 7 heteroatoms. The van der Waals surface area contributed by atoms with Gasteiger partial charge in [0.1, 0.15) is 17.4 Å². The zero-order chi connectivity index (χ0) is 25.3. The van der Waals surface area contributed by atoms with Gasteiger partial charge in [-0.05, 0) is 75.2 Å².